The highest BCUT2D eigenvalue weighted by Gasteiger charge is 2.20. The third kappa shape index (κ3) is 2.68. The zero-order chi connectivity index (χ0) is 15.8. The molecule has 1 aliphatic carbocycles. The van der Waals surface area contributed by atoms with Gasteiger partial charge in [-0.25, -0.2) is 4.98 Å². The van der Waals surface area contributed by atoms with Crippen LogP contribution in [-0.2, 0) is 12.8 Å². The maximum Gasteiger partial charge on any atom is 0.248 e. The number of hydrogen-bond donors (Lipinski definition) is 1. The van der Waals surface area contributed by atoms with Gasteiger partial charge in [0, 0.05) is 47.6 Å². The largest absolute Gasteiger partial charge is 0.371 e. The molecule has 5 heteroatoms. The van der Waals surface area contributed by atoms with Crippen LogP contribution in [-0.4, -0.2) is 28.9 Å². The number of benzene rings is 1. The van der Waals surface area contributed by atoms with E-state index in [0.29, 0.717) is 5.56 Å². The summed E-state index contributed by atoms with van der Waals surface area (Å²) >= 11 is 1.76. The molecule has 4 nitrogen and oxygen atoms in total. The van der Waals surface area contributed by atoms with Crippen LogP contribution in [0.4, 0.5) is 0 Å². The summed E-state index contributed by atoms with van der Waals surface area (Å²) < 4.78 is 0. The van der Waals surface area contributed by atoms with Gasteiger partial charge in [0.2, 0.25) is 5.91 Å². The predicted molar refractivity (Wildman–Crippen MR) is 92.3 cm³/mol. The smallest absolute Gasteiger partial charge is 0.248 e. The van der Waals surface area contributed by atoms with Crippen LogP contribution in [0.2, 0.25) is 0 Å². The Bertz CT molecular complexity index is 792. The molecule has 23 heavy (non-hydrogen) atoms. The Morgan fingerprint density at radius 3 is 2.57 bits per heavy atom. The highest BCUT2D eigenvalue weighted by molar-refractivity contribution is 7.15. The van der Waals surface area contributed by atoms with Crippen LogP contribution < -0.4 is 5.73 Å². The fraction of sp³-hybridized carbons (Fsp3) is 0.222. The van der Waals surface area contributed by atoms with Gasteiger partial charge in [0.1, 0.15) is 5.01 Å². The van der Waals surface area contributed by atoms with Crippen molar-refractivity contribution in [3.8, 4) is 10.6 Å². The number of hydrogen-bond acceptors (Lipinski definition) is 4. The van der Waals surface area contributed by atoms with Gasteiger partial charge in [0.05, 0.1) is 5.69 Å². The van der Waals surface area contributed by atoms with E-state index in [-0.39, 0.29) is 0 Å². The number of carbonyl (C=O) groups excluding carboxylic acids is 1. The summed E-state index contributed by atoms with van der Waals surface area (Å²) in [6.45, 7) is 2.07. The van der Waals surface area contributed by atoms with Crippen molar-refractivity contribution in [3.05, 3.63) is 64.3 Å². The quantitative estimate of drug-likeness (QED) is 0.945. The number of allylic oxidation sites excluding steroid dienone is 3. The Kier molecular flexibility index (Phi) is 3.50. The lowest BCUT2D eigenvalue weighted by Crippen LogP contribution is -2.26. The number of thiazole rings is 1. The number of amides is 1. The van der Waals surface area contributed by atoms with Crippen molar-refractivity contribution in [2.45, 2.75) is 12.8 Å². The van der Waals surface area contributed by atoms with Gasteiger partial charge in [0.15, 0.2) is 0 Å². The fourth-order valence-electron chi connectivity index (χ4n) is 2.92. The average Bonchev–Trinajstić information content (AvgIpc) is 2.82. The van der Waals surface area contributed by atoms with Crippen LogP contribution in [0.5, 0.6) is 0 Å². The molecule has 2 N–H and O–H groups in total. The maximum absolute atomic E-state index is 11.2. The molecule has 0 unspecified atom stereocenters. The summed E-state index contributed by atoms with van der Waals surface area (Å²) in [4.78, 5) is 19.8. The Morgan fingerprint density at radius 1 is 1.17 bits per heavy atom. The zero-order valence-corrected chi connectivity index (χ0v) is 13.5. The van der Waals surface area contributed by atoms with Crippen LogP contribution in [0.3, 0.4) is 0 Å². The van der Waals surface area contributed by atoms with Gasteiger partial charge in [-0.1, -0.05) is 18.2 Å². The molecule has 4 rings (SSSR count). The first kappa shape index (κ1) is 14.2. The summed E-state index contributed by atoms with van der Waals surface area (Å²) in [5.41, 5.74) is 9.42. The van der Waals surface area contributed by atoms with Crippen molar-refractivity contribution < 1.29 is 4.79 Å². The molecule has 2 aromatic rings. The Labute approximate surface area is 139 Å². The number of carbonyl (C=O) groups is 1. The molecule has 0 fully saturated rings. The molecule has 1 aromatic heterocycles. The second-order valence-corrected chi connectivity index (χ2v) is 6.85. The molecule has 1 amide bonds. The minimum atomic E-state index is -0.397. The van der Waals surface area contributed by atoms with E-state index in [1.807, 2.05) is 12.1 Å². The normalized spacial score (nSPS) is 16.3. The van der Waals surface area contributed by atoms with Crippen LogP contribution in [0.25, 0.3) is 10.6 Å². The summed E-state index contributed by atoms with van der Waals surface area (Å²) in [5.74, 6) is -0.397. The third-order valence-electron chi connectivity index (χ3n) is 4.32. The molecule has 2 aliphatic rings. The number of fused-ring (bicyclic) bond motifs is 1. The van der Waals surface area contributed by atoms with Gasteiger partial charge >= 0.3 is 0 Å². The van der Waals surface area contributed by atoms with Gasteiger partial charge in [-0.2, -0.15) is 0 Å². The van der Waals surface area contributed by atoms with Gasteiger partial charge < -0.3 is 10.6 Å². The summed E-state index contributed by atoms with van der Waals surface area (Å²) in [5, 5.41) is 1.03. The third-order valence-corrected chi connectivity index (χ3v) is 5.53. The molecule has 116 valence electrons. The topological polar surface area (TPSA) is 59.2 Å². The molecular weight excluding hydrogens is 306 g/mol. The number of rotatable bonds is 3. The molecule has 1 aromatic carbocycles. The highest BCUT2D eigenvalue weighted by atomic mass is 32.1. The Hall–Kier alpha value is -2.40. The van der Waals surface area contributed by atoms with Gasteiger partial charge in [0.25, 0.3) is 0 Å². The van der Waals surface area contributed by atoms with E-state index in [0.717, 1.165) is 36.5 Å². The standard InChI is InChI=1S/C18H17N3OS/c19-17(22)12-4-6-13(7-5-12)18-20-15-8-10-21(14-2-1-3-14)11-9-16(15)23-18/h1-7H,8-11H2,(H2,19,22). The van der Waals surface area contributed by atoms with Gasteiger partial charge in [-0.15, -0.1) is 11.3 Å². The molecule has 0 saturated carbocycles. The van der Waals surface area contributed by atoms with Crippen molar-refractivity contribution in [3.63, 3.8) is 0 Å². The van der Waals surface area contributed by atoms with Crippen molar-refractivity contribution in [1.82, 2.24) is 9.88 Å². The molecule has 0 bridgehead atoms. The number of nitrogens with zero attached hydrogens (tertiary/aromatic N) is 2. The molecule has 1 aliphatic heterocycles. The van der Waals surface area contributed by atoms with Crippen LogP contribution >= 0.6 is 11.3 Å². The first-order valence-electron chi connectivity index (χ1n) is 7.73. The minimum absolute atomic E-state index is 0.397. The van der Waals surface area contributed by atoms with E-state index in [9.17, 15) is 4.79 Å². The molecule has 0 atom stereocenters. The Morgan fingerprint density at radius 2 is 1.91 bits per heavy atom. The first-order chi connectivity index (χ1) is 11.2. The predicted octanol–water partition coefficient (Wildman–Crippen LogP) is 2.76. The lowest BCUT2D eigenvalue weighted by molar-refractivity contribution is 0.100. The summed E-state index contributed by atoms with van der Waals surface area (Å²) in [6, 6.07) is 7.38. The van der Waals surface area contributed by atoms with Crippen molar-refractivity contribution in [1.29, 1.82) is 0 Å². The second-order valence-electron chi connectivity index (χ2n) is 5.77. The molecule has 2 heterocycles. The Balaban J connectivity index is 1.54. The lowest BCUT2D eigenvalue weighted by atomic mass is 10.1. The van der Waals surface area contributed by atoms with Crippen molar-refractivity contribution in [2.75, 3.05) is 13.1 Å². The van der Waals surface area contributed by atoms with Gasteiger partial charge in [-0.05, 0) is 24.3 Å². The molecule has 0 saturated heterocycles. The fourth-order valence-corrected chi connectivity index (χ4v) is 4.02. The average molecular weight is 323 g/mol. The minimum Gasteiger partial charge on any atom is -0.371 e. The molecule has 0 spiro atoms. The number of nitrogens with two attached hydrogens (primary N) is 1. The molecule has 0 radical (unpaired) electrons. The second kappa shape index (κ2) is 5.66. The van der Waals surface area contributed by atoms with Gasteiger partial charge in [-0.3, -0.25) is 4.79 Å². The van der Waals surface area contributed by atoms with E-state index in [1.165, 1.54) is 16.3 Å². The summed E-state index contributed by atoms with van der Waals surface area (Å²) in [6.07, 6.45) is 8.44. The van der Waals surface area contributed by atoms with E-state index in [1.54, 1.807) is 23.5 Å². The van der Waals surface area contributed by atoms with E-state index in [2.05, 4.69) is 23.1 Å². The summed E-state index contributed by atoms with van der Waals surface area (Å²) in [7, 11) is 0. The van der Waals surface area contributed by atoms with E-state index < -0.39 is 5.91 Å². The SMILES string of the molecule is NC(=O)c1ccc(-c2nc3c(s2)CCN(C2=CC=C2)CC3)cc1. The highest BCUT2D eigenvalue weighted by Crippen LogP contribution is 2.31. The molecular formula is C18H17N3OS. The van der Waals surface area contributed by atoms with E-state index in [4.69, 9.17) is 10.7 Å². The van der Waals surface area contributed by atoms with Crippen LogP contribution in [0.1, 0.15) is 20.9 Å². The van der Waals surface area contributed by atoms with Crippen LogP contribution in [0, 0.1) is 0 Å². The number of aromatic nitrogens is 1. The lowest BCUT2D eigenvalue weighted by Gasteiger charge is -2.26. The first-order valence-corrected chi connectivity index (χ1v) is 8.54. The number of primary amides is 1. The van der Waals surface area contributed by atoms with Crippen molar-refractivity contribution >= 4 is 17.2 Å². The van der Waals surface area contributed by atoms with E-state index >= 15 is 0 Å². The van der Waals surface area contributed by atoms with Crippen molar-refractivity contribution in [2.24, 2.45) is 5.73 Å². The van der Waals surface area contributed by atoms with Crippen LogP contribution in [0.15, 0.2) is 48.2 Å². The maximum atomic E-state index is 11.2. The monoisotopic (exact) mass is 323 g/mol. The zero-order valence-electron chi connectivity index (χ0n) is 12.7.